The third-order valence-corrected chi connectivity index (χ3v) is 4.81. The Labute approximate surface area is 169 Å². The van der Waals surface area contributed by atoms with Crippen LogP contribution < -0.4 is 20.3 Å². The lowest BCUT2D eigenvalue weighted by atomic mass is 10.0. The van der Waals surface area contributed by atoms with Crippen LogP contribution in [0.2, 0.25) is 5.02 Å². The van der Waals surface area contributed by atoms with Gasteiger partial charge in [-0.3, -0.25) is 4.79 Å². The Morgan fingerprint density at radius 1 is 1.14 bits per heavy atom. The highest BCUT2D eigenvalue weighted by Gasteiger charge is 2.17. The van der Waals surface area contributed by atoms with Crippen LogP contribution in [0.5, 0.6) is 11.6 Å². The zero-order valence-electron chi connectivity index (χ0n) is 16.3. The van der Waals surface area contributed by atoms with Crippen LogP contribution in [0.1, 0.15) is 25.8 Å². The first-order valence-corrected chi connectivity index (χ1v) is 9.70. The van der Waals surface area contributed by atoms with Crippen LogP contribution in [-0.4, -0.2) is 23.5 Å². The largest absolute Gasteiger partial charge is 0.496 e. The molecule has 3 aromatic rings. The van der Waals surface area contributed by atoms with Crippen LogP contribution in [0.15, 0.2) is 41.2 Å². The normalized spacial score (nSPS) is 10.9. The number of ether oxygens (including phenoxy) is 2. The van der Waals surface area contributed by atoms with Crippen molar-refractivity contribution in [1.82, 2.24) is 9.78 Å². The molecule has 0 aliphatic heterocycles. The summed E-state index contributed by atoms with van der Waals surface area (Å²) in [5, 5.41) is 9.74. The summed E-state index contributed by atoms with van der Waals surface area (Å²) >= 11 is 6.36. The van der Waals surface area contributed by atoms with Crippen molar-refractivity contribution in [1.29, 1.82) is 0 Å². The van der Waals surface area contributed by atoms with E-state index >= 15 is 0 Å². The van der Waals surface area contributed by atoms with E-state index in [1.807, 2.05) is 50.2 Å². The van der Waals surface area contributed by atoms with Gasteiger partial charge in [0.25, 0.3) is 11.4 Å². The number of fused-ring (bicyclic) bond motifs is 1. The van der Waals surface area contributed by atoms with Crippen molar-refractivity contribution in [2.24, 2.45) is 0 Å². The fourth-order valence-corrected chi connectivity index (χ4v) is 3.28. The molecule has 0 unspecified atom stereocenters. The predicted molar refractivity (Wildman–Crippen MR) is 113 cm³/mol. The van der Waals surface area contributed by atoms with Gasteiger partial charge in [-0.25, -0.2) is 4.68 Å². The SMILES string of the molecule is CCCOc1nn(CC)c(=O)c(Cl)c1NCc1ccc(OC)c2ccccc12. The average Bonchev–Trinajstić information content (AvgIpc) is 2.73. The van der Waals surface area contributed by atoms with Gasteiger partial charge in [0.15, 0.2) is 0 Å². The molecular formula is C21H24ClN3O3. The van der Waals surface area contributed by atoms with Crippen molar-refractivity contribution in [2.75, 3.05) is 19.0 Å². The van der Waals surface area contributed by atoms with E-state index in [-0.39, 0.29) is 10.6 Å². The lowest BCUT2D eigenvalue weighted by Crippen LogP contribution is -2.25. The number of rotatable bonds is 8. The number of hydrogen-bond acceptors (Lipinski definition) is 5. The highest BCUT2D eigenvalue weighted by atomic mass is 35.5. The molecule has 0 saturated carbocycles. The molecule has 0 bridgehead atoms. The van der Waals surface area contributed by atoms with E-state index in [2.05, 4.69) is 10.4 Å². The molecule has 0 radical (unpaired) electrons. The summed E-state index contributed by atoms with van der Waals surface area (Å²) in [6.07, 6.45) is 0.826. The fraction of sp³-hybridized carbons (Fsp3) is 0.333. The van der Waals surface area contributed by atoms with Gasteiger partial charge in [0.05, 0.1) is 13.7 Å². The molecule has 0 saturated heterocycles. The van der Waals surface area contributed by atoms with E-state index in [0.29, 0.717) is 31.3 Å². The molecule has 0 spiro atoms. The van der Waals surface area contributed by atoms with E-state index in [1.54, 1.807) is 7.11 Å². The molecule has 28 heavy (non-hydrogen) atoms. The molecule has 0 aliphatic carbocycles. The van der Waals surface area contributed by atoms with Gasteiger partial charge in [0.2, 0.25) is 0 Å². The maximum Gasteiger partial charge on any atom is 0.287 e. The number of nitrogens with one attached hydrogen (secondary N) is 1. The van der Waals surface area contributed by atoms with Crippen LogP contribution in [-0.2, 0) is 13.1 Å². The fourth-order valence-electron chi connectivity index (χ4n) is 3.04. The molecule has 0 aliphatic rings. The van der Waals surface area contributed by atoms with Crippen LogP contribution in [0, 0.1) is 0 Å². The summed E-state index contributed by atoms with van der Waals surface area (Å²) in [6, 6.07) is 11.9. The first kappa shape index (κ1) is 20.0. The summed E-state index contributed by atoms with van der Waals surface area (Å²) < 4.78 is 12.5. The van der Waals surface area contributed by atoms with Crippen LogP contribution in [0.4, 0.5) is 5.69 Å². The van der Waals surface area contributed by atoms with Gasteiger partial charge in [0, 0.05) is 18.5 Å². The minimum absolute atomic E-state index is 0.0840. The lowest BCUT2D eigenvalue weighted by molar-refractivity contribution is 0.296. The minimum atomic E-state index is -0.338. The summed E-state index contributed by atoms with van der Waals surface area (Å²) in [6.45, 7) is 5.22. The van der Waals surface area contributed by atoms with Gasteiger partial charge in [-0.1, -0.05) is 48.9 Å². The molecular weight excluding hydrogens is 378 g/mol. The molecule has 148 valence electrons. The zero-order valence-corrected chi connectivity index (χ0v) is 17.0. The topological polar surface area (TPSA) is 65.4 Å². The Morgan fingerprint density at radius 2 is 1.89 bits per heavy atom. The zero-order chi connectivity index (χ0) is 20.1. The molecule has 7 heteroatoms. The average molecular weight is 402 g/mol. The monoisotopic (exact) mass is 401 g/mol. The van der Waals surface area contributed by atoms with Gasteiger partial charge in [0.1, 0.15) is 16.5 Å². The number of hydrogen-bond donors (Lipinski definition) is 1. The Morgan fingerprint density at radius 3 is 2.57 bits per heavy atom. The summed E-state index contributed by atoms with van der Waals surface area (Å²) in [7, 11) is 1.66. The molecule has 2 aromatic carbocycles. The minimum Gasteiger partial charge on any atom is -0.496 e. The van der Waals surface area contributed by atoms with Gasteiger partial charge < -0.3 is 14.8 Å². The molecule has 0 fully saturated rings. The van der Waals surface area contributed by atoms with Crippen molar-refractivity contribution in [3.63, 3.8) is 0 Å². The van der Waals surface area contributed by atoms with Gasteiger partial charge in [-0.05, 0) is 30.4 Å². The second-order valence-electron chi connectivity index (χ2n) is 6.29. The standard InChI is InChI=1S/C21H24ClN3O3/c1-4-12-28-20-19(18(22)21(26)25(5-2)24-20)23-13-14-10-11-17(27-3)16-9-7-6-8-15(14)16/h6-11,23H,4-5,12-13H2,1-3H3. The molecule has 1 N–H and O–H groups in total. The van der Waals surface area contributed by atoms with Crippen LogP contribution in [0.3, 0.4) is 0 Å². The number of anilines is 1. The van der Waals surface area contributed by atoms with Crippen LogP contribution >= 0.6 is 11.6 Å². The van der Waals surface area contributed by atoms with E-state index < -0.39 is 0 Å². The van der Waals surface area contributed by atoms with Crippen molar-refractivity contribution in [3.05, 3.63) is 57.3 Å². The maximum absolute atomic E-state index is 12.4. The molecule has 3 rings (SSSR count). The predicted octanol–water partition coefficient (Wildman–Crippen LogP) is 4.48. The first-order valence-electron chi connectivity index (χ1n) is 9.32. The molecule has 1 aromatic heterocycles. The number of aromatic nitrogens is 2. The summed E-state index contributed by atoms with van der Waals surface area (Å²) in [4.78, 5) is 12.4. The Balaban J connectivity index is 1.98. The van der Waals surface area contributed by atoms with E-state index in [1.165, 1.54) is 4.68 Å². The summed E-state index contributed by atoms with van der Waals surface area (Å²) in [5.74, 6) is 1.16. The number of benzene rings is 2. The highest BCUT2D eigenvalue weighted by molar-refractivity contribution is 6.33. The van der Waals surface area contributed by atoms with E-state index in [9.17, 15) is 4.79 Å². The molecule has 1 heterocycles. The third kappa shape index (κ3) is 3.92. The second kappa shape index (κ2) is 8.97. The molecule has 0 atom stereocenters. The number of aryl methyl sites for hydroxylation is 1. The van der Waals surface area contributed by atoms with Crippen molar-refractivity contribution < 1.29 is 9.47 Å². The van der Waals surface area contributed by atoms with Crippen LogP contribution in [0.25, 0.3) is 10.8 Å². The maximum atomic E-state index is 12.4. The number of nitrogens with zero attached hydrogens (tertiary/aromatic N) is 2. The Hall–Kier alpha value is -2.73. The van der Waals surface area contributed by atoms with Gasteiger partial charge in [-0.2, -0.15) is 0 Å². The Bertz CT molecular complexity index is 1030. The van der Waals surface area contributed by atoms with Crippen molar-refractivity contribution >= 4 is 28.1 Å². The van der Waals surface area contributed by atoms with Gasteiger partial charge >= 0.3 is 0 Å². The first-order chi connectivity index (χ1) is 13.6. The van der Waals surface area contributed by atoms with Gasteiger partial charge in [-0.15, -0.1) is 5.10 Å². The third-order valence-electron chi connectivity index (χ3n) is 4.46. The Kier molecular flexibility index (Phi) is 6.41. The number of methoxy groups -OCH3 is 1. The second-order valence-corrected chi connectivity index (χ2v) is 6.67. The molecule has 0 amide bonds. The van der Waals surface area contributed by atoms with Crippen molar-refractivity contribution in [2.45, 2.75) is 33.4 Å². The highest BCUT2D eigenvalue weighted by Crippen LogP contribution is 2.31. The summed E-state index contributed by atoms with van der Waals surface area (Å²) in [5.41, 5.74) is 1.13. The van der Waals surface area contributed by atoms with Crippen molar-refractivity contribution in [3.8, 4) is 11.6 Å². The van der Waals surface area contributed by atoms with E-state index in [4.69, 9.17) is 21.1 Å². The quantitative estimate of drug-likeness (QED) is 0.602. The molecule has 6 nitrogen and oxygen atoms in total. The van der Waals surface area contributed by atoms with E-state index in [0.717, 1.165) is 28.5 Å². The lowest BCUT2D eigenvalue weighted by Gasteiger charge is -2.16. The smallest absolute Gasteiger partial charge is 0.287 e. The number of halogens is 1.